The second-order valence-corrected chi connectivity index (χ2v) is 5.96. The molecule has 1 saturated carbocycles. The van der Waals surface area contributed by atoms with Gasteiger partial charge in [0, 0.05) is 23.3 Å². The fourth-order valence-corrected chi connectivity index (χ4v) is 2.99. The van der Waals surface area contributed by atoms with Gasteiger partial charge in [-0.2, -0.15) is 0 Å². The molecule has 1 aromatic heterocycles. The van der Waals surface area contributed by atoms with Crippen LogP contribution in [-0.4, -0.2) is 33.9 Å². The SMILES string of the molecule is O=C(Cc1noc2ccccc12)N(CCBr)C1CCC1. The monoisotopic (exact) mass is 336 g/mol. The maximum atomic E-state index is 12.5. The number of benzene rings is 1. The van der Waals surface area contributed by atoms with E-state index in [1.165, 1.54) is 6.42 Å². The van der Waals surface area contributed by atoms with Gasteiger partial charge < -0.3 is 9.42 Å². The molecule has 5 heteroatoms. The Morgan fingerprint density at radius 2 is 2.20 bits per heavy atom. The molecule has 1 heterocycles. The number of fused-ring (bicyclic) bond motifs is 1. The Bertz CT molecular complexity index is 607. The van der Waals surface area contributed by atoms with E-state index in [-0.39, 0.29) is 5.91 Å². The second-order valence-electron chi connectivity index (χ2n) is 5.16. The molecule has 0 unspecified atom stereocenters. The number of hydrogen-bond donors (Lipinski definition) is 0. The number of halogens is 1. The number of hydrogen-bond acceptors (Lipinski definition) is 3. The maximum Gasteiger partial charge on any atom is 0.229 e. The van der Waals surface area contributed by atoms with Gasteiger partial charge in [0.05, 0.1) is 6.42 Å². The van der Waals surface area contributed by atoms with Gasteiger partial charge in [-0.15, -0.1) is 0 Å². The van der Waals surface area contributed by atoms with Crippen LogP contribution in [0.1, 0.15) is 25.0 Å². The van der Waals surface area contributed by atoms with Crippen LogP contribution in [-0.2, 0) is 11.2 Å². The minimum atomic E-state index is 0.146. The van der Waals surface area contributed by atoms with E-state index in [4.69, 9.17) is 4.52 Å². The number of carbonyl (C=O) groups excluding carboxylic acids is 1. The van der Waals surface area contributed by atoms with Crippen LogP contribution in [0.5, 0.6) is 0 Å². The minimum absolute atomic E-state index is 0.146. The number of rotatable bonds is 5. The molecule has 4 nitrogen and oxygen atoms in total. The molecule has 106 valence electrons. The number of aromatic nitrogens is 1. The zero-order chi connectivity index (χ0) is 13.9. The van der Waals surface area contributed by atoms with Gasteiger partial charge in [-0.1, -0.05) is 33.2 Å². The number of para-hydroxylation sites is 1. The molecule has 0 atom stereocenters. The van der Waals surface area contributed by atoms with Crippen LogP contribution in [0.4, 0.5) is 0 Å². The summed E-state index contributed by atoms with van der Waals surface area (Å²) < 4.78 is 5.26. The summed E-state index contributed by atoms with van der Waals surface area (Å²) in [7, 11) is 0. The van der Waals surface area contributed by atoms with E-state index >= 15 is 0 Å². The molecule has 0 bridgehead atoms. The molecule has 20 heavy (non-hydrogen) atoms. The number of nitrogens with zero attached hydrogens (tertiary/aromatic N) is 2. The first-order valence-electron chi connectivity index (χ1n) is 6.98. The van der Waals surface area contributed by atoms with Gasteiger partial charge in [-0.05, 0) is 31.4 Å². The van der Waals surface area contributed by atoms with Crippen molar-refractivity contribution in [1.82, 2.24) is 10.1 Å². The quantitative estimate of drug-likeness (QED) is 0.788. The van der Waals surface area contributed by atoms with Gasteiger partial charge in [-0.3, -0.25) is 4.79 Å². The number of alkyl halides is 1. The van der Waals surface area contributed by atoms with Crippen molar-refractivity contribution in [2.75, 3.05) is 11.9 Å². The van der Waals surface area contributed by atoms with Crippen molar-refractivity contribution in [2.45, 2.75) is 31.7 Å². The topological polar surface area (TPSA) is 46.3 Å². The normalized spacial score (nSPS) is 15.2. The molecule has 3 rings (SSSR count). The summed E-state index contributed by atoms with van der Waals surface area (Å²) in [6.07, 6.45) is 3.79. The summed E-state index contributed by atoms with van der Waals surface area (Å²) in [5.74, 6) is 0.146. The first-order valence-corrected chi connectivity index (χ1v) is 8.10. The molecular weight excluding hydrogens is 320 g/mol. The lowest BCUT2D eigenvalue weighted by Gasteiger charge is -2.37. The largest absolute Gasteiger partial charge is 0.356 e. The predicted molar refractivity (Wildman–Crippen MR) is 80.9 cm³/mol. The van der Waals surface area contributed by atoms with Crippen LogP contribution >= 0.6 is 15.9 Å². The Kier molecular flexibility index (Phi) is 4.05. The van der Waals surface area contributed by atoms with E-state index in [9.17, 15) is 4.79 Å². The van der Waals surface area contributed by atoms with Crippen molar-refractivity contribution < 1.29 is 9.32 Å². The molecule has 2 aromatic rings. The smallest absolute Gasteiger partial charge is 0.229 e. The van der Waals surface area contributed by atoms with Crippen molar-refractivity contribution in [3.05, 3.63) is 30.0 Å². The standard InChI is InChI=1S/C15H17BrN2O2/c16-8-9-18(11-4-3-5-11)15(19)10-13-12-6-1-2-7-14(12)20-17-13/h1-2,6-7,11H,3-5,8-10H2. The maximum absolute atomic E-state index is 12.5. The first kappa shape index (κ1) is 13.6. The summed E-state index contributed by atoms with van der Waals surface area (Å²) >= 11 is 3.43. The number of amides is 1. The molecule has 1 aliphatic carbocycles. The lowest BCUT2D eigenvalue weighted by atomic mass is 9.91. The number of carbonyl (C=O) groups is 1. The Morgan fingerprint density at radius 1 is 1.40 bits per heavy atom. The zero-order valence-electron chi connectivity index (χ0n) is 11.2. The lowest BCUT2D eigenvalue weighted by molar-refractivity contribution is -0.134. The Labute approximate surface area is 126 Å². The molecular formula is C15H17BrN2O2. The van der Waals surface area contributed by atoms with Crippen LogP contribution in [0.2, 0.25) is 0 Å². The van der Waals surface area contributed by atoms with Gasteiger partial charge >= 0.3 is 0 Å². The Hall–Kier alpha value is -1.36. The van der Waals surface area contributed by atoms with Gasteiger partial charge in [-0.25, -0.2) is 0 Å². The van der Waals surface area contributed by atoms with Crippen LogP contribution in [0.15, 0.2) is 28.8 Å². The highest BCUT2D eigenvalue weighted by molar-refractivity contribution is 9.09. The van der Waals surface area contributed by atoms with E-state index in [0.29, 0.717) is 12.5 Å². The van der Waals surface area contributed by atoms with Crippen LogP contribution in [0, 0.1) is 0 Å². The van der Waals surface area contributed by atoms with Gasteiger partial charge in [0.1, 0.15) is 5.69 Å². The molecule has 1 fully saturated rings. The van der Waals surface area contributed by atoms with E-state index in [1.807, 2.05) is 29.2 Å². The van der Waals surface area contributed by atoms with Gasteiger partial charge in [0.2, 0.25) is 5.91 Å². The molecule has 1 aromatic carbocycles. The van der Waals surface area contributed by atoms with Crippen molar-refractivity contribution in [3.8, 4) is 0 Å². The average Bonchev–Trinajstić information content (AvgIpc) is 2.80. The van der Waals surface area contributed by atoms with Crippen molar-refractivity contribution in [3.63, 3.8) is 0 Å². The Balaban J connectivity index is 1.76. The third-order valence-electron chi connectivity index (χ3n) is 3.93. The van der Waals surface area contributed by atoms with Gasteiger partial charge in [0.25, 0.3) is 0 Å². The molecule has 0 spiro atoms. The third-order valence-corrected chi connectivity index (χ3v) is 4.29. The lowest BCUT2D eigenvalue weighted by Crippen LogP contribution is -2.45. The first-order chi connectivity index (χ1) is 9.79. The van der Waals surface area contributed by atoms with Crippen LogP contribution in [0.25, 0.3) is 11.0 Å². The van der Waals surface area contributed by atoms with Crippen LogP contribution < -0.4 is 0 Å². The second kappa shape index (κ2) is 5.95. The third kappa shape index (κ3) is 2.59. The molecule has 1 amide bonds. The summed E-state index contributed by atoms with van der Waals surface area (Å²) in [5, 5.41) is 5.80. The fourth-order valence-electron chi connectivity index (χ4n) is 2.61. The molecule has 0 aliphatic heterocycles. The average molecular weight is 337 g/mol. The molecule has 0 radical (unpaired) electrons. The fraction of sp³-hybridized carbons (Fsp3) is 0.467. The zero-order valence-corrected chi connectivity index (χ0v) is 12.8. The Morgan fingerprint density at radius 3 is 2.90 bits per heavy atom. The molecule has 0 N–H and O–H groups in total. The van der Waals surface area contributed by atoms with E-state index in [1.54, 1.807) is 0 Å². The minimum Gasteiger partial charge on any atom is -0.356 e. The predicted octanol–water partition coefficient (Wildman–Crippen LogP) is 3.15. The summed E-state index contributed by atoms with van der Waals surface area (Å²) in [6, 6.07) is 8.09. The molecule has 1 aliphatic rings. The molecule has 0 saturated heterocycles. The van der Waals surface area contributed by atoms with E-state index in [0.717, 1.165) is 41.4 Å². The van der Waals surface area contributed by atoms with E-state index in [2.05, 4.69) is 21.1 Å². The highest BCUT2D eigenvalue weighted by Gasteiger charge is 2.28. The van der Waals surface area contributed by atoms with Gasteiger partial charge in [0.15, 0.2) is 5.58 Å². The highest BCUT2D eigenvalue weighted by Crippen LogP contribution is 2.26. The van der Waals surface area contributed by atoms with Crippen LogP contribution in [0.3, 0.4) is 0 Å². The summed E-state index contributed by atoms with van der Waals surface area (Å²) in [6.45, 7) is 0.763. The van der Waals surface area contributed by atoms with Crippen molar-refractivity contribution >= 4 is 32.8 Å². The highest BCUT2D eigenvalue weighted by atomic mass is 79.9. The van der Waals surface area contributed by atoms with Crippen molar-refractivity contribution in [2.24, 2.45) is 0 Å². The summed E-state index contributed by atoms with van der Waals surface area (Å²) in [4.78, 5) is 14.5. The van der Waals surface area contributed by atoms with Crippen molar-refractivity contribution in [1.29, 1.82) is 0 Å². The van der Waals surface area contributed by atoms with E-state index < -0.39 is 0 Å². The summed E-state index contributed by atoms with van der Waals surface area (Å²) in [5.41, 5.74) is 1.48.